The molecule has 1 N–H and O–H groups in total. The third-order valence-electron chi connectivity index (χ3n) is 2.96. The summed E-state index contributed by atoms with van der Waals surface area (Å²) >= 11 is 6.08. The molecule has 3 nitrogen and oxygen atoms in total. The van der Waals surface area contributed by atoms with Gasteiger partial charge in [0.05, 0.1) is 12.2 Å². The summed E-state index contributed by atoms with van der Waals surface area (Å²) in [6.45, 7) is 0.698. The average molecular weight is 307 g/mol. The van der Waals surface area contributed by atoms with E-state index in [0.717, 1.165) is 5.56 Å². The smallest absolute Gasteiger partial charge is 0.238 e. The number of hydrogen-bond donors (Lipinski definition) is 1. The van der Waals surface area contributed by atoms with Crippen molar-refractivity contribution in [2.45, 2.75) is 6.54 Å². The summed E-state index contributed by atoms with van der Waals surface area (Å²) in [5, 5.41) is 3.22. The summed E-state index contributed by atoms with van der Waals surface area (Å²) in [4.78, 5) is 13.7. The molecule has 0 aromatic heterocycles. The van der Waals surface area contributed by atoms with Crippen molar-refractivity contribution in [1.29, 1.82) is 0 Å². The second-order valence-electron chi connectivity index (χ2n) is 4.79. The average Bonchev–Trinajstić information content (AvgIpc) is 2.44. The summed E-state index contributed by atoms with van der Waals surface area (Å²) < 4.78 is 13.4. The summed E-state index contributed by atoms with van der Waals surface area (Å²) in [5.41, 5.74) is 1.13. The van der Waals surface area contributed by atoms with Crippen LogP contribution < -0.4 is 5.32 Å². The molecule has 2 aromatic rings. The normalized spacial score (nSPS) is 10.7. The quantitative estimate of drug-likeness (QED) is 0.916. The van der Waals surface area contributed by atoms with Gasteiger partial charge in [0.2, 0.25) is 5.91 Å². The Morgan fingerprint density at radius 1 is 1.19 bits per heavy atom. The Kier molecular flexibility index (Phi) is 5.31. The maximum atomic E-state index is 13.4. The lowest BCUT2D eigenvalue weighted by Gasteiger charge is -2.17. The molecular formula is C16H16ClFN2O. The maximum Gasteiger partial charge on any atom is 0.238 e. The van der Waals surface area contributed by atoms with Crippen LogP contribution in [0, 0.1) is 5.82 Å². The number of nitrogens with zero attached hydrogens (tertiary/aromatic N) is 1. The largest absolute Gasteiger partial charge is 0.322 e. The highest BCUT2D eigenvalue weighted by atomic mass is 35.5. The third-order valence-corrected chi connectivity index (χ3v) is 3.33. The molecular weight excluding hydrogens is 291 g/mol. The van der Waals surface area contributed by atoms with Crippen LogP contribution in [0.15, 0.2) is 48.5 Å². The lowest BCUT2D eigenvalue weighted by Crippen LogP contribution is -2.30. The molecule has 0 aliphatic rings. The van der Waals surface area contributed by atoms with Crippen LogP contribution in [0.2, 0.25) is 5.02 Å². The first kappa shape index (κ1) is 15.5. The van der Waals surface area contributed by atoms with Crippen molar-refractivity contribution in [3.05, 3.63) is 64.9 Å². The second kappa shape index (κ2) is 7.20. The molecule has 0 unspecified atom stereocenters. The Morgan fingerprint density at radius 3 is 2.57 bits per heavy atom. The Balaban J connectivity index is 1.91. The van der Waals surface area contributed by atoms with Gasteiger partial charge in [0.1, 0.15) is 5.82 Å². The molecule has 21 heavy (non-hydrogen) atoms. The van der Waals surface area contributed by atoms with Crippen molar-refractivity contribution in [2.24, 2.45) is 0 Å². The highest BCUT2D eigenvalue weighted by Gasteiger charge is 2.10. The van der Waals surface area contributed by atoms with Gasteiger partial charge in [-0.25, -0.2) is 4.39 Å². The van der Waals surface area contributed by atoms with Gasteiger partial charge < -0.3 is 5.32 Å². The molecule has 5 heteroatoms. The molecule has 0 saturated carbocycles. The lowest BCUT2D eigenvalue weighted by molar-refractivity contribution is -0.117. The van der Waals surface area contributed by atoms with Gasteiger partial charge in [-0.2, -0.15) is 0 Å². The van der Waals surface area contributed by atoms with Crippen molar-refractivity contribution in [3.63, 3.8) is 0 Å². The van der Waals surface area contributed by atoms with E-state index in [0.29, 0.717) is 11.6 Å². The van der Waals surface area contributed by atoms with Crippen LogP contribution in [0.4, 0.5) is 10.1 Å². The van der Waals surface area contributed by atoms with E-state index in [4.69, 9.17) is 11.6 Å². The van der Waals surface area contributed by atoms with E-state index in [1.807, 2.05) is 36.2 Å². The highest BCUT2D eigenvalue weighted by molar-refractivity contribution is 6.31. The third kappa shape index (κ3) is 4.55. The minimum absolute atomic E-state index is 0.152. The van der Waals surface area contributed by atoms with E-state index < -0.39 is 5.82 Å². The van der Waals surface area contributed by atoms with Gasteiger partial charge in [-0.05, 0) is 30.8 Å². The number of anilines is 1. The van der Waals surface area contributed by atoms with Gasteiger partial charge >= 0.3 is 0 Å². The second-order valence-corrected chi connectivity index (χ2v) is 5.20. The zero-order chi connectivity index (χ0) is 15.2. The standard InChI is InChI=1S/C16H16ClFN2O/c1-20(10-12-6-2-3-7-13(12)17)11-16(21)19-15-9-5-4-8-14(15)18/h2-9H,10-11H2,1H3,(H,19,21). The van der Waals surface area contributed by atoms with Crippen molar-refractivity contribution >= 4 is 23.2 Å². The molecule has 110 valence electrons. The summed E-state index contributed by atoms with van der Waals surface area (Å²) in [7, 11) is 1.81. The van der Waals surface area contributed by atoms with E-state index in [9.17, 15) is 9.18 Å². The monoisotopic (exact) mass is 306 g/mol. The molecule has 0 atom stereocenters. The van der Waals surface area contributed by atoms with E-state index in [2.05, 4.69) is 5.32 Å². The molecule has 0 spiro atoms. The van der Waals surface area contributed by atoms with E-state index in [1.54, 1.807) is 12.1 Å². The van der Waals surface area contributed by atoms with E-state index in [1.165, 1.54) is 12.1 Å². The van der Waals surface area contributed by atoms with Gasteiger partial charge in [-0.15, -0.1) is 0 Å². The Hall–Kier alpha value is -1.91. The fourth-order valence-corrected chi connectivity index (χ4v) is 2.17. The molecule has 0 aliphatic carbocycles. The van der Waals surface area contributed by atoms with E-state index >= 15 is 0 Å². The van der Waals surface area contributed by atoms with Crippen molar-refractivity contribution < 1.29 is 9.18 Å². The van der Waals surface area contributed by atoms with Crippen LogP contribution >= 0.6 is 11.6 Å². The number of likely N-dealkylation sites (N-methyl/N-ethyl adjacent to an activating group) is 1. The Morgan fingerprint density at radius 2 is 1.86 bits per heavy atom. The number of nitrogens with one attached hydrogen (secondary N) is 1. The highest BCUT2D eigenvalue weighted by Crippen LogP contribution is 2.16. The molecule has 2 aromatic carbocycles. The van der Waals surface area contributed by atoms with Gasteiger partial charge in [-0.3, -0.25) is 9.69 Å². The van der Waals surface area contributed by atoms with Crippen LogP contribution in [-0.2, 0) is 11.3 Å². The molecule has 0 saturated heterocycles. The van der Waals surface area contributed by atoms with E-state index in [-0.39, 0.29) is 18.1 Å². The molecule has 1 amide bonds. The molecule has 0 radical (unpaired) electrons. The van der Waals surface area contributed by atoms with Gasteiger partial charge in [0.15, 0.2) is 0 Å². The van der Waals surface area contributed by atoms with Gasteiger partial charge in [-0.1, -0.05) is 41.9 Å². The minimum Gasteiger partial charge on any atom is -0.322 e. The van der Waals surface area contributed by atoms with Crippen molar-refractivity contribution in [3.8, 4) is 0 Å². The van der Waals surface area contributed by atoms with Crippen molar-refractivity contribution in [1.82, 2.24) is 4.90 Å². The van der Waals surface area contributed by atoms with Crippen LogP contribution in [0.3, 0.4) is 0 Å². The first-order chi connectivity index (χ1) is 10.1. The maximum absolute atomic E-state index is 13.4. The Bertz CT molecular complexity index is 633. The number of halogens is 2. The lowest BCUT2D eigenvalue weighted by atomic mass is 10.2. The zero-order valence-electron chi connectivity index (χ0n) is 11.6. The number of hydrogen-bond acceptors (Lipinski definition) is 2. The fourth-order valence-electron chi connectivity index (χ4n) is 1.97. The first-order valence-electron chi connectivity index (χ1n) is 6.52. The number of benzene rings is 2. The number of rotatable bonds is 5. The topological polar surface area (TPSA) is 32.3 Å². The van der Waals surface area contributed by atoms with Crippen LogP contribution in [0.25, 0.3) is 0 Å². The molecule has 0 bridgehead atoms. The Labute approximate surface area is 128 Å². The van der Waals surface area contributed by atoms with Crippen LogP contribution in [-0.4, -0.2) is 24.4 Å². The number of para-hydroxylation sites is 1. The number of carbonyl (C=O) groups excluding carboxylic acids is 1. The fraction of sp³-hybridized carbons (Fsp3) is 0.188. The molecule has 2 rings (SSSR count). The van der Waals surface area contributed by atoms with Crippen molar-refractivity contribution in [2.75, 3.05) is 18.9 Å². The predicted octanol–water partition coefficient (Wildman–Crippen LogP) is 3.55. The van der Waals surface area contributed by atoms with Crippen LogP contribution in [0.1, 0.15) is 5.56 Å². The predicted molar refractivity (Wildman–Crippen MR) is 82.8 cm³/mol. The summed E-state index contributed by atoms with van der Waals surface area (Å²) in [5.74, 6) is -0.714. The molecule has 0 fully saturated rings. The molecule has 0 heterocycles. The summed E-state index contributed by atoms with van der Waals surface area (Å²) in [6, 6.07) is 13.6. The van der Waals surface area contributed by atoms with Gasteiger partial charge in [0, 0.05) is 11.6 Å². The first-order valence-corrected chi connectivity index (χ1v) is 6.90. The number of amides is 1. The molecule has 0 aliphatic heterocycles. The summed E-state index contributed by atoms with van der Waals surface area (Å²) in [6.07, 6.45) is 0. The van der Waals surface area contributed by atoms with Crippen LogP contribution in [0.5, 0.6) is 0 Å². The minimum atomic E-state index is -0.445. The van der Waals surface area contributed by atoms with Gasteiger partial charge in [0.25, 0.3) is 0 Å². The number of carbonyl (C=O) groups is 1. The SMILES string of the molecule is CN(CC(=O)Nc1ccccc1F)Cc1ccccc1Cl. The zero-order valence-corrected chi connectivity index (χ0v) is 12.4.